The van der Waals surface area contributed by atoms with Gasteiger partial charge in [-0.05, 0) is 36.2 Å². The molecule has 2 aliphatic rings. The summed E-state index contributed by atoms with van der Waals surface area (Å²) in [5.74, 6) is -1.06. The number of benzene rings is 2. The minimum absolute atomic E-state index is 0.0675. The number of hydrogen-bond acceptors (Lipinski definition) is 5. The molecular weight excluding hydrogens is 444 g/mol. The number of anilines is 1. The average molecular weight is 469 g/mol. The molecule has 1 fully saturated rings. The highest BCUT2D eigenvalue weighted by Crippen LogP contribution is 2.46. The molecule has 0 spiro atoms. The van der Waals surface area contributed by atoms with Crippen LogP contribution in [0.5, 0.6) is 5.75 Å². The molecule has 0 aliphatic carbocycles. The lowest BCUT2D eigenvalue weighted by molar-refractivity contribution is -0.133. The standard InChI is InChI=1S/C25H25F2N3O4/c1-24(2)18-7-5-6-8-19(18)29(4)20(24)13-16(31)14-30-21(32)25(3,28-23(30)33)15-9-11-17(12-10-15)34-22(26)27/h5-13,22H,14H2,1-4H3,(H,28,33)/b20-13-/t25-/m0/s1. The van der Waals surface area contributed by atoms with Crippen molar-refractivity contribution in [1.29, 1.82) is 0 Å². The van der Waals surface area contributed by atoms with Gasteiger partial charge in [0, 0.05) is 29.9 Å². The number of hydrogen-bond donors (Lipinski definition) is 1. The van der Waals surface area contributed by atoms with E-state index in [2.05, 4.69) is 10.1 Å². The summed E-state index contributed by atoms with van der Waals surface area (Å²) in [5.41, 5.74) is 1.37. The Morgan fingerprint density at radius 2 is 1.74 bits per heavy atom. The van der Waals surface area contributed by atoms with Crippen molar-refractivity contribution in [1.82, 2.24) is 10.2 Å². The van der Waals surface area contributed by atoms with Gasteiger partial charge in [-0.25, -0.2) is 4.79 Å². The van der Waals surface area contributed by atoms with Gasteiger partial charge in [-0.3, -0.25) is 14.5 Å². The number of rotatable bonds is 6. The fourth-order valence-corrected chi connectivity index (χ4v) is 4.62. The number of halogens is 2. The number of allylic oxidation sites excluding steroid dienone is 1. The summed E-state index contributed by atoms with van der Waals surface area (Å²) in [6.45, 7) is 2.14. The van der Waals surface area contributed by atoms with Gasteiger partial charge in [0.05, 0.1) is 6.54 Å². The van der Waals surface area contributed by atoms with Crippen LogP contribution in [0.1, 0.15) is 31.9 Å². The molecule has 0 saturated carbocycles. The van der Waals surface area contributed by atoms with Gasteiger partial charge in [0.25, 0.3) is 5.91 Å². The fraction of sp³-hybridized carbons (Fsp3) is 0.320. The fourth-order valence-electron chi connectivity index (χ4n) is 4.62. The highest BCUT2D eigenvalue weighted by molar-refractivity contribution is 6.10. The monoisotopic (exact) mass is 469 g/mol. The Bertz CT molecular complexity index is 1190. The van der Waals surface area contributed by atoms with Gasteiger partial charge < -0.3 is 15.0 Å². The number of imide groups is 1. The highest BCUT2D eigenvalue weighted by Gasteiger charge is 2.49. The molecule has 34 heavy (non-hydrogen) atoms. The summed E-state index contributed by atoms with van der Waals surface area (Å²) in [7, 11) is 1.87. The zero-order chi connectivity index (χ0) is 24.8. The van der Waals surface area contributed by atoms with Crippen LogP contribution in [0.2, 0.25) is 0 Å². The quantitative estimate of drug-likeness (QED) is 0.512. The summed E-state index contributed by atoms with van der Waals surface area (Å²) in [6.07, 6.45) is 1.48. The van der Waals surface area contributed by atoms with E-state index in [0.29, 0.717) is 5.56 Å². The van der Waals surface area contributed by atoms with Crippen molar-refractivity contribution >= 4 is 23.4 Å². The van der Waals surface area contributed by atoms with E-state index in [4.69, 9.17) is 0 Å². The van der Waals surface area contributed by atoms with Gasteiger partial charge in [0.2, 0.25) is 0 Å². The second kappa shape index (κ2) is 8.23. The third-order valence-corrected chi connectivity index (χ3v) is 6.48. The van der Waals surface area contributed by atoms with Crippen LogP contribution >= 0.6 is 0 Å². The molecule has 2 aromatic carbocycles. The number of likely N-dealkylation sites (N-methyl/N-ethyl adjacent to an activating group) is 1. The number of carbonyl (C=O) groups is 3. The smallest absolute Gasteiger partial charge is 0.387 e. The summed E-state index contributed by atoms with van der Waals surface area (Å²) in [4.78, 5) is 41.5. The first kappa shape index (κ1) is 23.4. The van der Waals surface area contributed by atoms with E-state index in [9.17, 15) is 23.2 Å². The number of carbonyl (C=O) groups excluding carboxylic acids is 3. The predicted octanol–water partition coefficient (Wildman–Crippen LogP) is 3.94. The van der Waals surface area contributed by atoms with Gasteiger partial charge >= 0.3 is 12.6 Å². The Morgan fingerprint density at radius 1 is 1.09 bits per heavy atom. The van der Waals surface area contributed by atoms with E-state index < -0.39 is 41.8 Å². The van der Waals surface area contributed by atoms with Crippen LogP contribution in [0, 0.1) is 0 Å². The van der Waals surface area contributed by atoms with Gasteiger partial charge in [-0.1, -0.05) is 44.2 Å². The van der Waals surface area contributed by atoms with Crippen LogP contribution < -0.4 is 15.0 Å². The predicted molar refractivity (Wildman–Crippen MR) is 122 cm³/mol. The maximum Gasteiger partial charge on any atom is 0.387 e. The van der Waals surface area contributed by atoms with Crippen molar-refractivity contribution in [2.24, 2.45) is 0 Å². The van der Waals surface area contributed by atoms with Crippen molar-refractivity contribution in [2.45, 2.75) is 38.3 Å². The molecule has 1 atom stereocenters. The number of ether oxygens (including phenoxy) is 1. The van der Waals surface area contributed by atoms with Crippen molar-refractivity contribution < 1.29 is 27.9 Å². The molecule has 2 aliphatic heterocycles. The lowest BCUT2D eigenvalue weighted by Crippen LogP contribution is -2.41. The van der Waals surface area contributed by atoms with Crippen molar-refractivity contribution in [2.75, 3.05) is 18.5 Å². The minimum Gasteiger partial charge on any atom is -0.435 e. The Labute approximate surface area is 196 Å². The second-order valence-electron chi connectivity index (χ2n) is 9.05. The van der Waals surface area contributed by atoms with Crippen LogP contribution in [0.4, 0.5) is 19.3 Å². The van der Waals surface area contributed by atoms with E-state index in [1.54, 1.807) is 0 Å². The number of fused-ring (bicyclic) bond motifs is 1. The summed E-state index contributed by atoms with van der Waals surface area (Å²) < 4.78 is 29.1. The molecule has 0 unspecified atom stereocenters. The Morgan fingerprint density at radius 3 is 2.35 bits per heavy atom. The maximum absolute atomic E-state index is 13.2. The maximum atomic E-state index is 13.2. The first-order valence-corrected chi connectivity index (χ1v) is 10.7. The Balaban J connectivity index is 1.53. The first-order valence-electron chi connectivity index (χ1n) is 10.7. The topological polar surface area (TPSA) is 79.0 Å². The van der Waals surface area contributed by atoms with Gasteiger partial charge in [-0.15, -0.1) is 0 Å². The van der Waals surface area contributed by atoms with Crippen molar-refractivity contribution in [3.8, 4) is 5.75 Å². The number of nitrogens with zero attached hydrogens (tertiary/aromatic N) is 2. The molecule has 2 heterocycles. The van der Waals surface area contributed by atoms with Crippen LogP contribution in [-0.2, 0) is 20.5 Å². The normalized spacial score (nSPS) is 22.4. The van der Waals surface area contributed by atoms with Crippen LogP contribution in [0.15, 0.2) is 60.3 Å². The Kier molecular flexibility index (Phi) is 5.67. The van der Waals surface area contributed by atoms with Crippen LogP contribution in [0.25, 0.3) is 0 Å². The summed E-state index contributed by atoms with van der Waals surface area (Å²) in [6, 6.07) is 12.6. The highest BCUT2D eigenvalue weighted by atomic mass is 19.3. The first-order chi connectivity index (χ1) is 15.9. The summed E-state index contributed by atoms with van der Waals surface area (Å²) in [5, 5.41) is 2.61. The molecule has 0 radical (unpaired) electrons. The SMILES string of the molecule is CN1/C(=C\C(=O)CN2C(=O)N[C@@](C)(c3ccc(OC(F)F)cc3)C2=O)C(C)(C)c2ccccc21. The van der Waals surface area contributed by atoms with Gasteiger partial charge in [0.15, 0.2) is 5.78 Å². The zero-order valence-electron chi connectivity index (χ0n) is 19.3. The molecule has 7 nitrogen and oxygen atoms in total. The molecule has 178 valence electrons. The average Bonchev–Trinajstić information content (AvgIpc) is 3.11. The third kappa shape index (κ3) is 3.81. The van der Waals surface area contributed by atoms with Crippen LogP contribution in [0.3, 0.4) is 0 Å². The van der Waals surface area contributed by atoms with Crippen molar-refractivity contribution in [3.63, 3.8) is 0 Å². The number of alkyl halides is 2. The largest absolute Gasteiger partial charge is 0.435 e. The van der Waals surface area contributed by atoms with Crippen molar-refractivity contribution in [3.05, 3.63) is 71.4 Å². The molecule has 1 saturated heterocycles. The van der Waals surface area contributed by atoms with E-state index >= 15 is 0 Å². The molecule has 1 N–H and O–H groups in total. The van der Waals surface area contributed by atoms with E-state index in [1.165, 1.54) is 37.3 Å². The minimum atomic E-state index is -2.97. The van der Waals surface area contributed by atoms with E-state index in [0.717, 1.165) is 21.8 Å². The Hall–Kier alpha value is -3.75. The molecule has 2 aromatic rings. The van der Waals surface area contributed by atoms with E-state index in [-0.39, 0.29) is 5.75 Å². The molecule has 0 bridgehead atoms. The molecule has 9 heteroatoms. The van der Waals surface area contributed by atoms with Crippen LogP contribution in [-0.4, -0.2) is 42.8 Å². The second-order valence-corrected chi connectivity index (χ2v) is 9.05. The number of amides is 3. The number of nitrogens with one attached hydrogen (secondary N) is 1. The molecular formula is C25H25F2N3O4. The molecule has 3 amide bonds. The number of para-hydroxylation sites is 1. The summed E-state index contributed by atoms with van der Waals surface area (Å²) >= 11 is 0. The molecule has 4 rings (SSSR count). The van der Waals surface area contributed by atoms with Gasteiger partial charge in [0.1, 0.15) is 11.3 Å². The zero-order valence-corrected chi connectivity index (χ0v) is 19.3. The number of ketones is 1. The number of urea groups is 1. The van der Waals surface area contributed by atoms with E-state index in [1.807, 2.05) is 50.1 Å². The molecule has 0 aromatic heterocycles. The third-order valence-electron chi connectivity index (χ3n) is 6.48. The van der Waals surface area contributed by atoms with Gasteiger partial charge in [-0.2, -0.15) is 8.78 Å². The lowest BCUT2D eigenvalue weighted by atomic mass is 9.83. The lowest BCUT2D eigenvalue weighted by Gasteiger charge is -2.24.